The van der Waals surface area contributed by atoms with Gasteiger partial charge in [0.25, 0.3) is 0 Å². The number of rotatable bonds is 5. The summed E-state index contributed by atoms with van der Waals surface area (Å²) in [5.41, 5.74) is 1.90. The molecule has 5 rings (SSSR count). The molecule has 150 valence electrons. The minimum Gasteiger partial charge on any atom is -0.486 e. The molecule has 2 aliphatic rings. The van der Waals surface area contributed by atoms with Crippen molar-refractivity contribution in [3.63, 3.8) is 0 Å². The molecule has 0 saturated heterocycles. The Balaban J connectivity index is 1.48. The number of ether oxygens (including phenoxy) is 2. The molecule has 1 saturated carbocycles. The summed E-state index contributed by atoms with van der Waals surface area (Å²) in [6.07, 6.45) is 5.61. The fraction of sp³-hybridized carbons (Fsp3) is 0.409. The van der Waals surface area contributed by atoms with E-state index in [1.54, 1.807) is 0 Å². The molecule has 7 heteroatoms. The lowest BCUT2D eigenvalue weighted by Gasteiger charge is -2.37. The van der Waals surface area contributed by atoms with E-state index in [1.165, 1.54) is 12.0 Å². The first-order chi connectivity index (χ1) is 14.3. The monoisotopic (exact) mass is 391 g/mol. The zero-order chi connectivity index (χ0) is 19.5. The zero-order valence-electron chi connectivity index (χ0n) is 16.4. The lowest BCUT2D eigenvalue weighted by molar-refractivity contribution is 0.171. The lowest BCUT2D eigenvalue weighted by Crippen LogP contribution is -2.45. The molecule has 0 radical (unpaired) electrons. The van der Waals surface area contributed by atoms with Crippen molar-refractivity contribution >= 4 is 0 Å². The highest BCUT2D eigenvalue weighted by Gasteiger charge is 2.39. The Morgan fingerprint density at radius 1 is 0.931 bits per heavy atom. The molecule has 29 heavy (non-hydrogen) atoms. The first-order valence-corrected chi connectivity index (χ1v) is 10.3. The van der Waals surface area contributed by atoms with Crippen molar-refractivity contribution in [2.24, 2.45) is 0 Å². The Morgan fingerprint density at radius 2 is 1.72 bits per heavy atom. The maximum atomic E-state index is 5.76. The number of fused-ring (bicyclic) bond motifs is 1. The van der Waals surface area contributed by atoms with E-state index in [2.05, 4.69) is 45.1 Å². The van der Waals surface area contributed by atoms with Crippen LogP contribution in [0.3, 0.4) is 0 Å². The van der Waals surface area contributed by atoms with Crippen LogP contribution in [0.1, 0.15) is 43.5 Å². The van der Waals surface area contributed by atoms with Gasteiger partial charge < -0.3 is 14.8 Å². The third-order valence-corrected chi connectivity index (χ3v) is 5.85. The smallest absolute Gasteiger partial charge is 0.176 e. The number of benzene rings is 2. The fourth-order valence-corrected chi connectivity index (χ4v) is 4.33. The molecular weight excluding hydrogens is 366 g/mol. The van der Waals surface area contributed by atoms with Crippen LogP contribution in [-0.4, -0.2) is 33.4 Å². The summed E-state index contributed by atoms with van der Waals surface area (Å²) in [6, 6.07) is 16.4. The molecule has 1 aromatic heterocycles. The average Bonchev–Trinajstić information content (AvgIpc) is 3.30. The van der Waals surface area contributed by atoms with E-state index in [1.807, 2.05) is 28.9 Å². The highest BCUT2D eigenvalue weighted by atomic mass is 16.6. The van der Waals surface area contributed by atoms with E-state index in [-0.39, 0.29) is 5.54 Å². The van der Waals surface area contributed by atoms with Crippen LogP contribution < -0.4 is 14.8 Å². The second-order valence-electron chi connectivity index (χ2n) is 7.72. The highest BCUT2D eigenvalue weighted by molar-refractivity contribution is 5.49. The van der Waals surface area contributed by atoms with Gasteiger partial charge in [0.05, 0.1) is 11.2 Å². The first kappa shape index (κ1) is 18.1. The standard InChI is InChI=1S/C22H25N5O2/c1-3-7-17(8-4-1)16-23-22(11-5-2-6-12-22)21-24-25-26-27(21)18-9-10-19-20(15-18)29-14-13-28-19/h1,3-4,7-10,15,23H,2,5-6,11-14,16H2. The lowest BCUT2D eigenvalue weighted by atomic mass is 9.80. The van der Waals surface area contributed by atoms with Crippen molar-refractivity contribution in [1.82, 2.24) is 25.5 Å². The van der Waals surface area contributed by atoms with Crippen LogP contribution in [0.2, 0.25) is 0 Å². The minimum absolute atomic E-state index is 0.245. The zero-order valence-corrected chi connectivity index (χ0v) is 16.4. The summed E-state index contributed by atoms with van der Waals surface area (Å²) in [5, 5.41) is 16.7. The van der Waals surface area contributed by atoms with Gasteiger partial charge in [0.15, 0.2) is 17.3 Å². The molecule has 0 unspecified atom stereocenters. The van der Waals surface area contributed by atoms with Crippen molar-refractivity contribution in [1.29, 1.82) is 0 Å². The van der Waals surface area contributed by atoms with Crippen LogP contribution in [0.5, 0.6) is 11.5 Å². The predicted octanol–water partition coefficient (Wildman–Crippen LogP) is 3.38. The van der Waals surface area contributed by atoms with E-state index in [4.69, 9.17) is 9.47 Å². The summed E-state index contributed by atoms with van der Waals surface area (Å²) in [4.78, 5) is 0. The largest absolute Gasteiger partial charge is 0.486 e. The van der Waals surface area contributed by atoms with E-state index in [0.717, 1.165) is 55.2 Å². The van der Waals surface area contributed by atoms with Crippen LogP contribution in [0.15, 0.2) is 48.5 Å². The molecule has 2 heterocycles. The third-order valence-electron chi connectivity index (χ3n) is 5.85. The number of aromatic nitrogens is 4. The van der Waals surface area contributed by atoms with Gasteiger partial charge in [0, 0.05) is 12.6 Å². The highest BCUT2D eigenvalue weighted by Crippen LogP contribution is 2.38. The Kier molecular flexibility index (Phi) is 4.89. The fourth-order valence-electron chi connectivity index (χ4n) is 4.33. The van der Waals surface area contributed by atoms with E-state index in [0.29, 0.717) is 13.2 Å². The molecule has 1 aliphatic heterocycles. The second kappa shape index (κ2) is 7.83. The van der Waals surface area contributed by atoms with E-state index < -0.39 is 0 Å². The molecule has 1 aliphatic carbocycles. The Labute approximate surface area is 170 Å². The van der Waals surface area contributed by atoms with Gasteiger partial charge in [0.1, 0.15) is 13.2 Å². The Hall–Kier alpha value is -2.93. The molecule has 3 aromatic rings. The topological polar surface area (TPSA) is 74.1 Å². The van der Waals surface area contributed by atoms with Crippen LogP contribution >= 0.6 is 0 Å². The van der Waals surface area contributed by atoms with Crippen LogP contribution in [0.4, 0.5) is 0 Å². The van der Waals surface area contributed by atoms with Crippen LogP contribution in [0, 0.1) is 0 Å². The predicted molar refractivity (Wildman–Crippen MR) is 108 cm³/mol. The molecular formula is C22H25N5O2. The van der Waals surface area contributed by atoms with Gasteiger partial charge in [-0.2, -0.15) is 4.68 Å². The van der Waals surface area contributed by atoms with Crippen LogP contribution in [-0.2, 0) is 12.1 Å². The average molecular weight is 391 g/mol. The third kappa shape index (κ3) is 3.58. The maximum Gasteiger partial charge on any atom is 0.176 e. The number of nitrogens with zero attached hydrogens (tertiary/aromatic N) is 4. The maximum absolute atomic E-state index is 5.76. The van der Waals surface area contributed by atoms with Gasteiger partial charge in [-0.15, -0.1) is 5.10 Å². The van der Waals surface area contributed by atoms with Crippen molar-refractivity contribution in [2.45, 2.75) is 44.2 Å². The summed E-state index contributed by atoms with van der Waals surface area (Å²) < 4.78 is 13.3. The minimum atomic E-state index is -0.245. The Bertz CT molecular complexity index is 966. The number of hydrogen-bond acceptors (Lipinski definition) is 6. The molecule has 1 N–H and O–H groups in total. The summed E-state index contributed by atoms with van der Waals surface area (Å²) in [6.45, 7) is 1.92. The molecule has 0 spiro atoms. The molecule has 1 fully saturated rings. The van der Waals surface area contributed by atoms with Crippen molar-refractivity contribution < 1.29 is 9.47 Å². The number of nitrogens with one attached hydrogen (secondary N) is 1. The summed E-state index contributed by atoms with van der Waals surface area (Å²) in [7, 11) is 0. The molecule has 2 aromatic carbocycles. The van der Waals surface area contributed by atoms with Gasteiger partial charge in [0.2, 0.25) is 0 Å². The van der Waals surface area contributed by atoms with Gasteiger partial charge in [-0.3, -0.25) is 0 Å². The van der Waals surface area contributed by atoms with Crippen LogP contribution in [0.25, 0.3) is 5.69 Å². The molecule has 0 bridgehead atoms. The van der Waals surface area contributed by atoms with Gasteiger partial charge in [-0.25, -0.2) is 0 Å². The number of hydrogen-bond donors (Lipinski definition) is 1. The Morgan fingerprint density at radius 3 is 2.55 bits per heavy atom. The van der Waals surface area contributed by atoms with Crippen molar-refractivity contribution in [2.75, 3.05) is 13.2 Å². The summed E-state index contributed by atoms with van der Waals surface area (Å²) in [5.74, 6) is 2.37. The second-order valence-corrected chi connectivity index (χ2v) is 7.72. The molecule has 7 nitrogen and oxygen atoms in total. The van der Waals surface area contributed by atoms with Gasteiger partial charge in [-0.05, 0) is 41.0 Å². The summed E-state index contributed by atoms with van der Waals surface area (Å²) >= 11 is 0. The van der Waals surface area contributed by atoms with Crippen molar-refractivity contribution in [3.05, 3.63) is 59.9 Å². The quantitative estimate of drug-likeness (QED) is 0.719. The van der Waals surface area contributed by atoms with Gasteiger partial charge in [-0.1, -0.05) is 49.6 Å². The van der Waals surface area contributed by atoms with Gasteiger partial charge >= 0.3 is 0 Å². The number of tetrazole rings is 1. The SMILES string of the molecule is c1ccc(CNC2(c3nnnn3-c3ccc4c(c3)OCCO4)CCCCC2)cc1. The normalized spacial score (nSPS) is 17.8. The van der Waals surface area contributed by atoms with E-state index in [9.17, 15) is 0 Å². The molecule has 0 amide bonds. The molecule has 0 atom stereocenters. The van der Waals surface area contributed by atoms with Crippen molar-refractivity contribution in [3.8, 4) is 17.2 Å². The van der Waals surface area contributed by atoms with E-state index >= 15 is 0 Å². The first-order valence-electron chi connectivity index (χ1n) is 10.3.